The maximum atomic E-state index is 12.3. The van der Waals surface area contributed by atoms with E-state index in [0.29, 0.717) is 12.2 Å². The summed E-state index contributed by atoms with van der Waals surface area (Å²) in [5.74, 6) is -0.599. The number of H-pyrrole nitrogens is 1. The lowest BCUT2D eigenvalue weighted by Crippen LogP contribution is -2.33. The number of hydrogen-bond acceptors (Lipinski definition) is 3. The van der Waals surface area contributed by atoms with E-state index in [4.69, 9.17) is 4.74 Å². The minimum Gasteiger partial charge on any atom is -0.465 e. The number of likely N-dealkylation sites (N-methyl/N-ethyl adjacent to an activating group) is 1. The lowest BCUT2D eigenvalue weighted by atomic mass is 10.1. The molecule has 2 aromatic rings. The molecule has 19 heavy (non-hydrogen) atoms. The molecule has 0 unspecified atom stereocenters. The Morgan fingerprint density at radius 2 is 2.11 bits per heavy atom. The van der Waals surface area contributed by atoms with Gasteiger partial charge in [-0.15, -0.1) is 0 Å². The molecular weight excluding hydrogens is 244 g/mol. The maximum Gasteiger partial charge on any atom is 0.325 e. The highest BCUT2D eigenvalue weighted by molar-refractivity contribution is 6.06. The fraction of sp³-hybridized carbons (Fsp3) is 0.286. The van der Waals surface area contributed by atoms with E-state index in [9.17, 15) is 9.59 Å². The van der Waals surface area contributed by atoms with E-state index in [1.165, 1.54) is 4.90 Å². The molecule has 2 rings (SSSR count). The van der Waals surface area contributed by atoms with Crippen molar-refractivity contribution in [3.05, 3.63) is 36.0 Å². The van der Waals surface area contributed by atoms with Crippen molar-refractivity contribution in [2.75, 3.05) is 20.2 Å². The van der Waals surface area contributed by atoms with Gasteiger partial charge in [0.2, 0.25) is 0 Å². The van der Waals surface area contributed by atoms with Gasteiger partial charge in [0.1, 0.15) is 6.54 Å². The average Bonchev–Trinajstić information content (AvgIpc) is 2.86. The minimum atomic E-state index is -0.403. The number of carbonyl (C=O) groups excluding carboxylic acids is 2. The number of rotatable bonds is 4. The quantitative estimate of drug-likeness (QED) is 0.853. The van der Waals surface area contributed by atoms with E-state index in [2.05, 4.69) is 4.98 Å². The topological polar surface area (TPSA) is 62.4 Å². The van der Waals surface area contributed by atoms with Crippen LogP contribution in [-0.4, -0.2) is 42.0 Å². The molecule has 5 heteroatoms. The Hall–Kier alpha value is -2.30. The van der Waals surface area contributed by atoms with Crippen LogP contribution in [-0.2, 0) is 9.53 Å². The summed E-state index contributed by atoms with van der Waals surface area (Å²) in [5, 5.41) is 0.850. The van der Waals surface area contributed by atoms with Crippen molar-refractivity contribution < 1.29 is 14.3 Å². The standard InChI is InChI=1S/C14H16N2O3/c1-3-19-13(17)9-16(2)14(18)11-5-4-6-12-10(11)7-8-15-12/h4-8,15H,3,9H2,1-2H3. The Morgan fingerprint density at radius 1 is 1.32 bits per heavy atom. The number of aromatic nitrogens is 1. The Labute approximate surface area is 111 Å². The highest BCUT2D eigenvalue weighted by Gasteiger charge is 2.17. The van der Waals surface area contributed by atoms with Crippen molar-refractivity contribution in [3.8, 4) is 0 Å². The largest absolute Gasteiger partial charge is 0.465 e. The number of ether oxygens (including phenoxy) is 1. The molecule has 1 aromatic carbocycles. The third-order valence-electron chi connectivity index (χ3n) is 2.84. The van der Waals surface area contributed by atoms with E-state index < -0.39 is 5.97 Å². The number of carbonyl (C=O) groups is 2. The zero-order valence-corrected chi connectivity index (χ0v) is 11.0. The Bertz CT molecular complexity index is 604. The van der Waals surface area contributed by atoms with Crippen molar-refractivity contribution in [1.29, 1.82) is 0 Å². The smallest absolute Gasteiger partial charge is 0.325 e. The summed E-state index contributed by atoms with van der Waals surface area (Å²) in [4.78, 5) is 28.1. The maximum absolute atomic E-state index is 12.3. The predicted octanol–water partition coefficient (Wildman–Crippen LogP) is 1.80. The van der Waals surface area contributed by atoms with Crippen molar-refractivity contribution in [2.45, 2.75) is 6.92 Å². The molecule has 0 spiro atoms. The molecule has 100 valence electrons. The van der Waals surface area contributed by atoms with Crippen molar-refractivity contribution >= 4 is 22.8 Å². The van der Waals surface area contributed by atoms with Gasteiger partial charge in [0.25, 0.3) is 5.91 Å². The number of fused-ring (bicyclic) bond motifs is 1. The molecule has 1 aromatic heterocycles. The third kappa shape index (κ3) is 2.76. The lowest BCUT2D eigenvalue weighted by Gasteiger charge is -2.16. The molecule has 1 N–H and O–H groups in total. The van der Waals surface area contributed by atoms with Crippen LogP contribution in [0, 0.1) is 0 Å². The normalized spacial score (nSPS) is 10.4. The summed E-state index contributed by atoms with van der Waals surface area (Å²) in [6, 6.07) is 7.31. The first-order valence-electron chi connectivity index (χ1n) is 6.10. The summed E-state index contributed by atoms with van der Waals surface area (Å²) >= 11 is 0. The van der Waals surface area contributed by atoms with Crippen LogP contribution in [0.2, 0.25) is 0 Å². The van der Waals surface area contributed by atoms with Crippen LogP contribution in [0.25, 0.3) is 10.9 Å². The lowest BCUT2D eigenvalue weighted by molar-refractivity contribution is -0.143. The highest BCUT2D eigenvalue weighted by Crippen LogP contribution is 2.18. The van der Waals surface area contributed by atoms with Crippen molar-refractivity contribution in [1.82, 2.24) is 9.88 Å². The van der Waals surface area contributed by atoms with Crippen LogP contribution in [0.1, 0.15) is 17.3 Å². The molecule has 0 aliphatic heterocycles. The Balaban J connectivity index is 2.19. The van der Waals surface area contributed by atoms with E-state index in [-0.39, 0.29) is 12.5 Å². The summed E-state index contributed by atoms with van der Waals surface area (Å²) in [5.41, 5.74) is 1.47. The molecule has 0 fully saturated rings. The second-order valence-electron chi connectivity index (χ2n) is 4.21. The SMILES string of the molecule is CCOC(=O)CN(C)C(=O)c1cccc2[nH]ccc12. The molecule has 1 amide bonds. The first-order valence-corrected chi connectivity index (χ1v) is 6.10. The van der Waals surface area contributed by atoms with Gasteiger partial charge >= 0.3 is 5.97 Å². The molecular formula is C14H16N2O3. The van der Waals surface area contributed by atoms with E-state index in [1.807, 2.05) is 18.2 Å². The fourth-order valence-corrected chi connectivity index (χ4v) is 1.95. The molecule has 0 radical (unpaired) electrons. The van der Waals surface area contributed by atoms with Crippen molar-refractivity contribution in [2.24, 2.45) is 0 Å². The van der Waals surface area contributed by atoms with Crippen LogP contribution in [0.15, 0.2) is 30.5 Å². The van der Waals surface area contributed by atoms with Gasteiger partial charge in [0.05, 0.1) is 6.61 Å². The van der Waals surface area contributed by atoms with Crippen LogP contribution >= 0.6 is 0 Å². The summed E-state index contributed by atoms with van der Waals surface area (Å²) in [6.45, 7) is 2.00. The fourth-order valence-electron chi connectivity index (χ4n) is 1.95. The summed E-state index contributed by atoms with van der Waals surface area (Å²) < 4.78 is 4.83. The number of benzene rings is 1. The predicted molar refractivity (Wildman–Crippen MR) is 71.9 cm³/mol. The molecule has 0 atom stereocenters. The van der Waals surface area contributed by atoms with Crippen LogP contribution in [0.3, 0.4) is 0 Å². The Morgan fingerprint density at radius 3 is 2.84 bits per heavy atom. The number of nitrogens with one attached hydrogen (secondary N) is 1. The van der Waals surface area contributed by atoms with Gasteiger partial charge in [-0.1, -0.05) is 6.07 Å². The zero-order valence-electron chi connectivity index (χ0n) is 11.0. The van der Waals surface area contributed by atoms with Gasteiger partial charge in [0, 0.05) is 29.7 Å². The molecule has 0 aliphatic carbocycles. The monoisotopic (exact) mass is 260 g/mol. The Kier molecular flexibility index (Phi) is 3.85. The van der Waals surface area contributed by atoms with Gasteiger partial charge in [-0.05, 0) is 25.1 Å². The minimum absolute atomic E-state index is 0.0481. The summed E-state index contributed by atoms with van der Waals surface area (Å²) in [6.07, 6.45) is 1.78. The van der Waals surface area contributed by atoms with Gasteiger partial charge < -0.3 is 14.6 Å². The molecule has 0 saturated heterocycles. The van der Waals surface area contributed by atoms with E-state index >= 15 is 0 Å². The number of aromatic amines is 1. The molecule has 0 aliphatic rings. The van der Waals surface area contributed by atoms with Crippen LogP contribution < -0.4 is 0 Å². The van der Waals surface area contributed by atoms with Gasteiger partial charge in [-0.25, -0.2) is 0 Å². The number of hydrogen-bond donors (Lipinski definition) is 1. The van der Waals surface area contributed by atoms with Gasteiger partial charge in [-0.2, -0.15) is 0 Å². The highest BCUT2D eigenvalue weighted by atomic mass is 16.5. The summed E-state index contributed by atoms with van der Waals surface area (Å²) in [7, 11) is 1.59. The first-order chi connectivity index (χ1) is 9.13. The average molecular weight is 260 g/mol. The van der Waals surface area contributed by atoms with Crippen LogP contribution in [0.4, 0.5) is 0 Å². The molecule has 1 heterocycles. The number of amides is 1. The third-order valence-corrected chi connectivity index (χ3v) is 2.84. The molecule has 0 saturated carbocycles. The van der Waals surface area contributed by atoms with Crippen LogP contribution in [0.5, 0.6) is 0 Å². The van der Waals surface area contributed by atoms with E-state index in [1.54, 1.807) is 26.2 Å². The number of esters is 1. The molecule has 0 bridgehead atoms. The molecule has 5 nitrogen and oxygen atoms in total. The first kappa shape index (κ1) is 13.1. The van der Waals surface area contributed by atoms with Crippen molar-refractivity contribution in [3.63, 3.8) is 0 Å². The van der Waals surface area contributed by atoms with Gasteiger partial charge in [0.15, 0.2) is 0 Å². The zero-order chi connectivity index (χ0) is 13.8. The number of nitrogens with zero attached hydrogens (tertiary/aromatic N) is 1. The van der Waals surface area contributed by atoms with Gasteiger partial charge in [-0.3, -0.25) is 9.59 Å². The second kappa shape index (κ2) is 5.56. The van der Waals surface area contributed by atoms with E-state index in [0.717, 1.165) is 10.9 Å². The second-order valence-corrected chi connectivity index (χ2v) is 4.21.